The zero-order chi connectivity index (χ0) is 11.5. The molecule has 1 aromatic heterocycles. The molecule has 80 valence electrons. The van der Waals surface area contributed by atoms with Gasteiger partial charge < -0.3 is 4.42 Å². The Morgan fingerprint density at radius 2 is 2.20 bits per heavy atom. The summed E-state index contributed by atoms with van der Waals surface area (Å²) < 4.78 is 40.3. The van der Waals surface area contributed by atoms with Gasteiger partial charge in [-0.15, -0.1) is 0 Å². The summed E-state index contributed by atoms with van der Waals surface area (Å²) in [6, 6.07) is 2.03. The number of carbonyl (C=O) groups excluding carboxylic acids is 1. The van der Waals surface area contributed by atoms with Crippen LogP contribution in [0.3, 0.4) is 0 Å². The fourth-order valence-electron chi connectivity index (χ4n) is 0.826. The highest BCUT2D eigenvalue weighted by molar-refractivity contribution is 5.97. The molecular formula is C7H4F3N3O2. The summed E-state index contributed by atoms with van der Waals surface area (Å²) in [5, 5.41) is 3.07. The number of furan rings is 1. The van der Waals surface area contributed by atoms with Crippen LogP contribution in [0.4, 0.5) is 13.2 Å². The number of rotatable bonds is 3. The summed E-state index contributed by atoms with van der Waals surface area (Å²) >= 11 is 0. The molecule has 0 bridgehead atoms. The van der Waals surface area contributed by atoms with Gasteiger partial charge in [-0.2, -0.15) is 13.2 Å². The Kier molecular flexibility index (Phi) is 3.01. The lowest BCUT2D eigenvalue weighted by molar-refractivity contribution is -0.0899. The first-order valence-corrected chi connectivity index (χ1v) is 3.66. The van der Waals surface area contributed by atoms with E-state index in [4.69, 9.17) is 5.53 Å². The number of Topliss-reactive ketones (excluding diaryl/α,β-unsaturated/α-hetero) is 1. The molecule has 0 saturated carbocycles. The Hall–Kier alpha value is -1.95. The maximum Gasteiger partial charge on any atom is 0.458 e. The van der Waals surface area contributed by atoms with Gasteiger partial charge in [-0.25, -0.2) is 0 Å². The molecule has 1 heterocycles. The third kappa shape index (κ3) is 2.75. The number of hydrogen-bond acceptors (Lipinski definition) is 3. The van der Waals surface area contributed by atoms with E-state index in [-0.39, 0.29) is 12.3 Å². The van der Waals surface area contributed by atoms with Crippen LogP contribution in [0.2, 0.25) is 0 Å². The van der Waals surface area contributed by atoms with Crippen molar-refractivity contribution >= 4 is 5.78 Å². The van der Waals surface area contributed by atoms with Gasteiger partial charge in [-0.1, -0.05) is 5.11 Å². The minimum atomic E-state index is -4.96. The van der Waals surface area contributed by atoms with Crippen molar-refractivity contribution in [2.75, 3.05) is 0 Å². The topological polar surface area (TPSA) is 79.0 Å². The summed E-state index contributed by atoms with van der Waals surface area (Å²) in [5.41, 5.74) is 7.94. The molecule has 0 fully saturated rings. The van der Waals surface area contributed by atoms with E-state index in [1.54, 1.807) is 0 Å². The summed E-state index contributed by atoms with van der Waals surface area (Å²) in [6.07, 6.45) is -4.96. The number of nitrogens with zero attached hydrogens (tertiary/aromatic N) is 3. The van der Waals surface area contributed by atoms with Gasteiger partial charge >= 0.3 is 12.0 Å². The second-order valence-electron chi connectivity index (χ2n) is 2.48. The van der Waals surface area contributed by atoms with Crippen molar-refractivity contribution in [1.82, 2.24) is 0 Å². The van der Waals surface area contributed by atoms with E-state index in [0.29, 0.717) is 0 Å². The van der Waals surface area contributed by atoms with Crippen LogP contribution in [0, 0.1) is 0 Å². The zero-order valence-electron chi connectivity index (χ0n) is 7.15. The van der Waals surface area contributed by atoms with E-state index >= 15 is 0 Å². The fourth-order valence-corrected chi connectivity index (χ4v) is 0.826. The maximum absolute atomic E-state index is 11.9. The number of azide groups is 1. The summed E-state index contributed by atoms with van der Waals surface area (Å²) in [5.74, 6) is -2.87. The maximum atomic E-state index is 11.9. The van der Waals surface area contributed by atoms with Gasteiger partial charge in [0, 0.05) is 4.91 Å². The Morgan fingerprint density at radius 1 is 1.53 bits per heavy atom. The molecule has 0 amide bonds. The zero-order valence-corrected chi connectivity index (χ0v) is 7.15. The van der Waals surface area contributed by atoms with E-state index in [1.807, 2.05) is 0 Å². The third-order valence-electron chi connectivity index (χ3n) is 1.43. The Bertz CT molecular complexity index is 417. The van der Waals surface area contributed by atoms with Crippen LogP contribution in [0.1, 0.15) is 16.3 Å². The molecule has 0 N–H and O–H groups in total. The first kappa shape index (κ1) is 11.1. The molecule has 0 aliphatic rings. The molecule has 0 aromatic carbocycles. The fraction of sp³-hybridized carbons (Fsp3) is 0.286. The first-order chi connectivity index (χ1) is 6.95. The van der Waals surface area contributed by atoms with Crippen molar-refractivity contribution in [2.24, 2.45) is 5.11 Å². The molecule has 15 heavy (non-hydrogen) atoms. The smallest absolute Gasteiger partial charge is 0.457 e. The number of halogens is 3. The van der Waals surface area contributed by atoms with Crippen LogP contribution in [0.15, 0.2) is 21.7 Å². The van der Waals surface area contributed by atoms with Crippen molar-refractivity contribution in [3.05, 3.63) is 34.1 Å². The molecule has 5 nitrogen and oxygen atoms in total. The van der Waals surface area contributed by atoms with Crippen molar-refractivity contribution in [1.29, 1.82) is 0 Å². The summed E-state index contributed by atoms with van der Waals surface area (Å²) in [4.78, 5) is 13.0. The standard InChI is InChI=1S/C7H4F3N3O2/c8-7(9,10)6(14)5-2-1-4(15-5)3-12-13-11/h1-2H,3H2. The lowest BCUT2D eigenvalue weighted by atomic mass is 10.3. The molecule has 0 saturated heterocycles. The Morgan fingerprint density at radius 3 is 2.73 bits per heavy atom. The highest BCUT2D eigenvalue weighted by atomic mass is 19.4. The van der Waals surface area contributed by atoms with Crippen molar-refractivity contribution in [3.63, 3.8) is 0 Å². The van der Waals surface area contributed by atoms with Crippen LogP contribution < -0.4 is 0 Å². The molecule has 1 aromatic rings. The normalized spacial score (nSPS) is 10.9. The largest absolute Gasteiger partial charge is 0.458 e. The second-order valence-corrected chi connectivity index (χ2v) is 2.48. The Balaban J connectivity index is 2.85. The highest BCUT2D eigenvalue weighted by Gasteiger charge is 2.41. The lowest BCUT2D eigenvalue weighted by Gasteiger charge is -2.00. The predicted molar refractivity (Wildman–Crippen MR) is 41.9 cm³/mol. The molecule has 0 unspecified atom stereocenters. The molecule has 0 spiro atoms. The summed E-state index contributed by atoms with van der Waals surface area (Å²) in [6.45, 7) is -0.234. The SMILES string of the molecule is [N-]=[N+]=NCc1ccc(C(=O)C(F)(F)F)o1. The van der Waals surface area contributed by atoms with Gasteiger partial charge in [-0.3, -0.25) is 4.79 Å². The van der Waals surface area contributed by atoms with Crippen molar-refractivity contribution < 1.29 is 22.4 Å². The van der Waals surface area contributed by atoms with Crippen LogP contribution in [0.5, 0.6) is 0 Å². The minimum absolute atomic E-state index is 0.000370. The third-order valence-corrected chi connectivity index (χ3v) is 1.43. The molecule has 0 aliphatic heterocycles. The van der Waals surface area contributed by atoms with Gasteiger partial charge in [0.25, 0.3) is 0 Å². The molecule has 0 radical (unpaired) electrons. The summed E-state index contributed by atoms with van der Waals surface area (Å²) in [7, 11) is 0. The van der Waals surface area contributed by atoms with E-state index in [9.17, 15) is 18.0 Å². The highest BCUT2D eigenvalue weighted by Crippen LogP contribution is 2.22. The van der Waals surface area contributed by atoms with Crippen molar-refractivity contribution in [3.8, 4) is 0 Å². The van der Waals surface area contributed by atoms with Gasteiger partial charge in [0.1, 0.15) is 5.76 Å². The van der Waals surface area contributed by atoms with Crippen LogP contribution in [-0.4, -0.2) is 12.0 Å². The second kappa shape index (κ2) is 4.05. The minimum Gasteiger partial charge on any atom is -0.457 e. The number of ketones is 1. The van der Waals surface area contributed by atoms with Gasteiger partial charge in [-0.05, 0) is 17.7 Å². The van der Waals surface area contributed by atoms with Gasteiger partial charge in [0.05, 0.1) is 6.54 Å². The number of carbonyl (C=O) groups is 1. The monoisotopic (exact) mass is 219 g/mol. The first-order valence-electron chi connectivity index (χ1n) is 3.66. The van der Waals surface area contributed by atoms with Gasteiger partial charge in [0.15, 0.2) is 5.76 Å². The van der Waals surface area contributed by atoms with Gasteiger partial charge in [0.2, 0.25) is 0 Å². The molecule has 8 heteroatoms. The Labute approximate surface area is 81.1 Å². The average Bonchev–Trinajstić information content (AvgIpc) is 2.60. The number of hydrogen-bond donors (Lipinski definition) is 0. The van der Waals surface area contributed by atoms with E-state index in [2.05, 4.69) is 14.4 Å². The van der Waals surface area contributed by atoms with E-state index in [0.717, 1.165) is 12.1 Å². The molecule has 0 atom stereocenters. The van der Waals surface area contributed by atoms with Crippen molar-refractivity contribution in [2.45, 2.75) is 12.7 Å². The van der Waals surface area contributed by atoms with E-state index in [1.165, 1.54) is 0 Å². The predicted octanol–water partition coefficient (Wildman–Crippen LogP) is 2.83. The average molecular weight is 219 g/mol. The van der Waals surface area contributed by atoms with Crippen LogP contribution >= 0.6 is 0 Å². The van der Waals surface area contributed by atoms with E-state index < -0.39 is 17.7 Å². The lowest BCUT2D eigenvalue weighted by Crippen LogP contribution is -2.22. The molecule has 0 aliphatic carbocycles. The molecular weight excluding hydrogens is 215 g/mol. The quantitative estimate of drug-likeness (QED) is 0.339. The van der Waals surface area contributed by atoms with Crippen LogP contribution in [0.25, 0.3) is 10.4 Å². The molecule has 1 rings (SSSR count). The number of alkyl halides is 3. The van der Waals surface area contributed by atoms with Crippen LogP contribution in [-0.2, 0) is 6.54 Å².